The van der Waals surface area contributed by atoms with E-state index in [1.54, 1.807) is 7.11 Å². The van der Waals surface area contributed by atoms with Gasteiger partial charge in [-0.3, -0.25) is 4.79 Å². The van der Waals surface area contributed by atoms with Crippen LogP contribution in [0.5, 0.6) is 0 Å². The van der Waals surface area contributed by atoms with Crippen LogP contribution in [0.4, 0.5) is 0 Å². The van der Waals surface area contributed by atoms with Gasteiger partial charge in [-0.1, -0.05) is 13.8 Å². The lowest BCUT2D eigenvalue weighted by Gasteiger charge is -2.23. The van der Waals surface area contributed by atoms with Crippen LogP contribution in [-0.2, 0) is 9.53 Å². The van der Waals surface area contributed by atoms with Crippen LogP contribution in [-0.4, -0.2) is 26.2 Å². The third-order valence-electron chi connectivity index (χ3n) is 1.80. The Hall–Kier alpha value is -0.570. The zero-order valence-electron chi connectivity index (χ0n) is 8.44. The van der Waals surface area contributed by atoms with Crippen LogP contribution in [0.1, 0.15) is 27.2 Å². The van der Waals surface area contributed by atoms with Crippen LogP contribution in [0.2, 0.25) is 0 Å². The van der Waals surface area contributed by atoms with Crippen molar-refractivity contribution in [1.29, 1.82) is 0 Å². The van der Waals surface area contributed by atoms with Gasteiger partial charge in [0.25, 0.3) is 0 Å². The molecule has 0 aliphatic carbocycles. The molecular weight excluding hydrogens is 154 g/mol. The van der Waals surface area contributed by atoms with Crippen LogP contribution in [0.3, 0.4) is 0 Å². The summed E-state index contributed by atoms with van der Waals surface area (Å²) in [6.45, 7) is 7.22. The van der Waals surface area contributed by atoms with E-state index in [9.17, 15) is 4.79 Å². The van der Waals surface area contributed by atoms with Gasteiger partial charge >= 0.3 is 0 Å². The Morgan fingerprint density at radius 2 is 2.08 bits per heavy atom. The fraction of sp³-hybridized carbons (Fsp3) is 0.889. The fourth-order valence-corrected chi connectivity index (χ4v) is 0.830. The second-order valence-corrected chi connectivity index (χ2v) is 3.82. The van der Waals surface area contributed by atoms with E-state index >= 15 is 0 Å². The topological polar surface area (TPSA) is 38.3 Å². The summed E-state index contributed by atoms with van der Waals surface area (Å²) in [5.74, 6) is 0.0282. The molecule has 72 valence electrons. The number of hydrogen-bond donors (Lipinski definition) is 1. The summed E-state index contributed by atoms with van der Waals surface area (Å²) in [4.78, 5) is 10.6. The van der Waals surface area contributed by atoms with Crippen molar-refractivity contribution in [2.75, 3.05) is 20.3 Å². The highest BCUT2D eigenvalue weighted by atomic mass is 16.5. The third-order valence-corrected chi connectivity index (χ3v) is 1.80. The average molecular weight is 173 g/mol. The SMILES string of the molecule is COCCC(C)(C)CNC(C)=O. The zero-order valence-corrected chi connectivity index (χ0v) is 8.44. The zero-order chi connectivity index (χ0) is 9.61. The Morgan fingerprint density at radius 3 is 2.50 bits per heavy atom. The first-order valence-corrected chi connectivity index (χ1v) is 4.21. The minimum Gasteiger partial charge on any atom is -0.385 e. The first-order chi connectivity index (χ1) is 5.48. The molecule has 0 atom stereocenters. The molecule has 0 aromatic rings. The van der Waals surface area contributed by atoms with E-state index in [-0.39, 0.29) is 11.3 Å². The van der Waals surface area contributed by atoms with Crippen LogP contribution in [0, 0.1) is 5.41 Å². The molecule has 0 saturated carbocycles. The van der Waals surface area contributed by atoms with Gasteiger partial charge < -0.3 is 10.1 Å². The fourth-order valence-electron chi connectivity index (χ4n) is 0.830. The van der Waals surface area contributed by atoms with Crippen LogP contribution in [0.15, 0.2) is 0 Å². The monoisotopic (exact) mass is 173 g/mol. The van der Waals surface area contributed by atoms with E-state index in [0.29, 0.717) is 6.54 Å². The summed E-state index contributed by atoms with van der Waals surface area (Å²) in [5.41, 5.74) is 0.127. The maximum atomic E-state index is 10.6. The predicted octanol–water partition coefficient (Wildman–Crippen LogP) is 1.19. The van der Waals surface area contributed by atoms with Crippen LogP contribution >= 0.6 is 0 Å². The van der Waals surface area contributed by atoms with Crippen molar-refractivity contribution in [3.63, 3.8) is 0 Å². The predicted molar refractivity (Wildman–Crippen MR) is 49.0 cm³/mol. The second kappa shape index (κ2) is 5.14. The number of amides is 1. The van der Waals surface area contributed by atoms with E-state index < -0.39 is 0 Å². The Bertz CT molecular complexity index is 143. The van der Waals surface area contributed by atoms with E-state index in [1.807, 2.05) is 0 Å². The standard InChI is InChI=1S/C9H19NO2/c1-8(11)10-7-9(2,3)5-6-12-4/h5-7H2,1-4H3,(H,10,11). The number of rotatable bonds is 5. The van der Waals surface area contributed by atoms with Gasteiger partial charge in [-0.15, -0.1) is 0 Å². The van der Waals surface area contributed by atoms with Crippen molar-refractivity contribution in [3.05, 3.63) is 0 Å². The van der Waals surface area contributed by atoms with E-state index in [0.717, 1.165) is 13.0 Å². The molecule has 0 aliphatic rings. The summed E-state index contributed by atoms with van der Waals surface area (Å²) in [6.07, 6.45) is 0.962. The van der Waals surface area contributed by atoms with Gasteiger partial charge in [0, 0.05) is 27.2 Å². The summed E-state index contributed by atoms with van der Waals surface area (Å²) >= 11 is 0. The highest BCUT2D eigenvalue weighted by Gasteiger charge is 2.17. The number of carbonyl (C=O) groups is 1. The molecule has 1 N–H and O–H groups in total. The minimum absolute atomic E-state index is 0.0282. The normalized spacial score (nSPS) is 11.3. The third kappa shape index (κ3) is 6.16. The van der Waals surface area contributed by atoms with Crippen molar-refractivity contribution in [2.45, 2.75) is 27.2 Å². The average Bonchev–Trinajstić information content (AvgIpc) is 1.98. The number of nitrogens with one attached hydrogen (secondary N) is 1. The van der Waals surface area contributed by atoms with Crippen molar-refractivity contribution in [3.8, 4) is 0 Å². The largest absolute Gasteiger partial charge is 0.385 e. The van der Waals surface area contributed by atoms with Crippen molar-refractivity contribution >= 4 is 5.91 Å². The quantitative estimate of drug-likeness (QED) is 0.678. The van der Waals surface area contributed by atoms with Crippen LogP contribution < -0.4 is 5.32 Å². The summed E-state index contributed by atoms with van der Waals surface area (Å²) in [7, 11) is 1.69. The molecule has 0 saturated heterocycles. The first-order valence-electron chi connectivity index (χ1n) is 4.21. The molecule has 0 heterocycles. The molecule has 0 unspecified atom stereocenters. The number of methoxy groups -OCH3 is 1. The second-order valence-electron chi connectivity index (χ2n) is 3.82. The van der Waals surface area contributed by atoms with E-state index in [2.05, 4.69) is 19.2 Å². The van der Waals surface area contributed by atoms with Gasteiger partial charge in [0.15, 0.2) is 0 Å². The number of hydrogen-bond acceptors (Lipinski definition) is 2. The van der Waals surface area contributed by atoms with Gasteiger partial charge in [0.05, 0.1) is 0 Å². The first kappa shape index (κ1) is 11.4. The summed E-state index contributed by atoms with van der Waals surface area (Å²) < 4.78 is 4.97. The van der Waals surface area contributed by atoms with Gasteiger partial charge in [-0.05, 0) is 11.8 Å². The smallest absolute Gasteiger partial charge is 0.216 e. The highest BCUT2D eigenvalue weighted by molar-refractivity contribution is 5.72. The van der Waals surface area contributed by atoms with E-state index in [1.165, 1.54) is 6.92 Å². The molecule has 0 spiro atoms. The molecule has 0 radical (unpaired) electrons. The van der Waals surface area contributed by atoms with E-state index in [4.69, 9.17) is 4.74 Å². The lowest BCUT2D eigenvalue weighted by molar-refractivity contribution is -0.119. The lowest BCUT2D eigenvalue weighted by Crippen LogP contribution is -2.33. The van der Waals surface area contributed by atoms with Crippen molar-refractivity contribution in [1.82, 2.24) is 5.32 Å². The highest BCUT2D eigenvalue weighted by Crippen LogP contribution is 2.18. The molecule has 0 aliphatic heterocycles. The Morgan fingerprint density at radius 1 is 1.50 bits per heavy atom. The molecule has 12 heavy (non-hydrogen) atoms. The Balaban J connectivity index is 3.63. The molecule has 0 aromatic heterocycles. The molecular formula is C9H19NO2. The summed E-state index contributed by atoms with van der Waals surface area (Å²) in [6, 6.07) is 0. The molecule has 0 rings (SSSR count). The summed E-state index contributed by atoms with van der Waals surface area (Å²) in [5, 5.41) is 2.80. The van der Waals surface area contributed by atoms with Gasteiger partial charge in [-0.25, -0.2) is 0 Å². The van der Waals surface area contributed by atoms with Gasteiger partial charge in [-0.2, -0.15) is 0 Å². The van der Waals surface area contributed by atoms with Crippen molar-refractivity contribution in [2.24, 2.45) is 5.41 Å². The molecule has 1 amide bonds. The van der Waals surface area contributed by atoms with Crippen molar-refractivity contribution < 1.29 is 9.53 Å². The molecule has 0 fully saturated rings. The maximum Gasteiger partial charge on any atom is 0.216 e. The minimum atomic E-state index is 0.0282. The number of ether oxygens (including phenoxy) is 1. The number of carbonyl (C=O) groups excluding carboxylic acids is 1. The molecule has 3 heteroatoms. The van der Waals surface area contributed by atoms with Gasteiger partial charge in [0.2, 0.25) is 5.91 Å². The van der Waals surface area contributed by atoms with Gasteiger partial charge in [0.1, 0.15) is 0 Å². The van der Waals surface area contributed by atoms with Crippen LogP contribution in [0.25, 0.3) is 0 Å². The Labute approximate surface area is 74.5 Å². The molecule has 0 aromatic carbocycles. The molecule has 0 bridgehead atoms. The maximum absolute atomic E-state index is 10.6. The lowest BCUT2D eigenvalue weighted by atomic mass is 9.90. The molecule has 3 nitrogen and oxygen atoms in total. The Kier molecular flexibility index (Phi) is 4.90.